The minimum Gasteiger partial charge on any atom is -0.309 e. The Morgan fingerprint density at radius 2 is 1.68 bits per heavy atom. The number of hydrogen-bond donors (Lipinski definition) is 1. The van der Waals surface area contributed by atoms with Gasteiger partial charge in [-0.15, -0.1) is 0 Å². The summed E-state index contributed by atoms with van der Waals surface area (Å²) in [7, 11) is -2.37. The summed E-state index contributed by atoms with van der Waals surface area (Å²) < 4.78 is 28.2. The highest BCUT2D eigenvalue weighted by Gasteiger charge is 2.25. The Bertz CT molecular complexity index is 1180. The van der Waals surface area contributed by atoms with Gasteiger partial charge in [0.1, 0.15) is 5.82 Å². The summed E-state index contributed by atoms with van der Waals surface area (Å²) in [5, 5.41) is 7.55. The molecule has 1 amide bonds. The molecule has 0 saturated carbocycles. The number of carbonyl (C=O) groups excluding carboxylic acids is 1. The van der Waals surface area contributed by atoms with E-state index < -0.39 is 15.9 Å². The van der Waals surface area contributed by atoms with Crippen molar-refractivity contribution in [2.45, 2.75) is 38.0 Å². The number of nitrogens with one attached hydrogen (secondary N) is 1. The van der Waals surface area contributed by atoms with E-state index in [2.05, 4.69) is 5.32 Å². The number of rotatable bonds is 6. The third-order valence-corrected chi connectivity index (χ3v) is 6.72. The van der Waals surface area contributed by atoms with E-state index in [0.717, 1.165) is 21.2 Å². The van der Waals surface area contributed by atoms with Crippen LogP contribution in [-0.2, 0) is 20.2 Å². The third kappa shape index (κ3) is 5.03. The number of amides is 1. The van der Waals surface area contributed by atoms with Crippen LogP contribution in [0.5, 0.6) is 0 Å². The lowest BCUT2D eigenvalue weighted by Gasteiger charge is -2.17. The van der Waals surface area contributed by atoms with Crippen molar-refractivity contribution < 1.29 is 13.2 Å². The highest BCUT2D eigenvalue weighted by atomic mass is 32.2. The second-order valence-electron chi connectivity index (χ2n) is 8.49. The zero-order valence-electron chi connectivity index (χ0n) is 18.5. The average Bonchev–Trinajstić information content (AvgIpc) is 3.12. The van der Waals surface area contributed by atoms with E-state index in [0.29, 0.717) is 5.82 Å². The van der Waals surface area contributed by atoms with Gasteiger partial charge in [-0.3, -0.25) is 4.79 Å². The van der Waals surface area contributed by atoms with Crippen LogP contribution in [0.4, 0.5) is 5.82 Å². The average molecular weight is 441 g/mol. The van der Waals surface area contributed by atoms with Gasteiger partial charge in [-0.1, -0.05) is 57.2 Å². The Balaban J connectivity index is 1.87. The zero-order valence-corrected chi connectivity index (χ0v) is 19.3. The SMILES string of the molecule is Cc1ccccc1-n1nc(C(C)(C)C)cc1NC(=O)CN(C)S(=O)(=O)c1ccccc1. The third-order valence-electron chi connectivity index (χ3n) is 4.91. The maximum atomic E-state index is 12.8. The van der Waals surface area contributed by atoms with Crippen LogP contribution < -0.4 is 5.32 Å². The van der Waals surface area contributed by atoms with Gasteiger partial charge in [0.2, 0.25) is 15.9 Å². The molecule has 8 heteroatoms. The summed E-state index contributed by atoms with van der Waals surface area (Å²) in [5.74, 6) is 0.0481. The molecule has 0 spiro atoms. The number of nitrogens with zero attached hydrogens (tertiary/aromatic N) is 3. The van der Waals surface area contributed by atoms with Gasteiger partial charge >= 0.3 is 0 Å². The van der Waals surface area contributed by atoms with Gasteiger partial charge in [-0.25, -0.2) is 13.1 Å². The number of carbonyl (C=O) groups is 1. The molecule has 1 heterocycles. The molecule has 0 aliphatic rings. The van der Waals surface area contributed by atoms with Crippen LogP contribution in [0.25, 0.3) is 5.69 Å². The smallest absolute Gasteiger partial charge is 0.243 e. The van der Waals surface area contributed by atoms with Gasteiger partial charge in [0, 0.05) is 18.5 Å². The largest absolute Gasteiger partial charge is 0.309 e. The number of benzene rings is 2. The van der Waals surface area contributed by atoms with Gasteiger partial charge < -0.3 is 5.32 Å². The Morgan fingerprint density at radius 1 is 1.06 bits per heavy atom. The number of anilines is 1. The van der Waals surface area contributed by atoms with Gasteiger partial charge in [0.25, 0.3) is 0 Å². The molecule has 1 N–H and O–H groups in total. The van der Waals surface area contributed by atoms with E-state index in [1.807, 2.05) is 58.0 Å². The predicted octanol–water partition coefficient (Wildman–Crippen LogP) is 3.74. The molecule has 0 radical (unpaired) electrons. The van der Waals surface area contributed by atoms with Gasteiger partial charge in [0.15, 0.2) is 0 Å². The second kappa shape index (κ2) is 8.64. The highest BCUT2D eigenvalue weighted by molar-refractivity contribution is 7.89. The number of sulfonamides is 1. The Hall–Kier alpha value is -2.97. The fourth-order valence-corrected chi connectivity index (χ4v) is 4.21. The minimum absolute atomic E-state index is 0.144. The fourth-order valence-electron chi connectivity index (χ4n) is 3.06. The molecule has 3 aromatic rings. The fraction of sp³-hybridized carbons (Fsp3) is 0.304. The predicted molar refractivity (Wildman–Crippen MR) is 122 cm³/mol. The lowest BCUT2D eigenvalue weighted by atomic mass is 9.92. The van der Waals surface area contributed by atoms with E-state index in [1.54, 1.807) is 22.9 Å². The Morgan fingerprint density at radius 3 is 2.29 bits per heavy atom. The topological polar surface area (TPSA) is 84.3 Å². The molecule has 0 unspecified atom stereocenters. The van der Waals surface area contributed by atoms with Crippen molar-refractivity contribution >= 4 is 21.7 Å². The van der Waals surface area contributed by atoms with Crippen molar-refractivity contribution in [1.82, 2.24) is 14.1 Å². The van der Waals surface area contributed by atoms with Gasteiger partial charge in [0.05, 0.1) is 22.8 Å². The van der Waals surface area contributed by atoms with Crippen molar-refractivity contribution in [2.24, 2.45) is 0 Å². The van der Waals surface area contributed by atoms with Crippen LogP contribution in [0.15, 0.2) is 65.6 Å². The molecule has 0 fully saturated rings. The van der Waals surface area contributed by atoms with Crippen molar-refractivity contribution in [3.8, 4) is 5.69 Å². The first-order valence-electron chi connectivity index (χ1n) is 9.98. The highest BCUT2D eigenvalue weighted by Crippen LogP contribution is 2.27. The summed E-state index contributed by atoms with van der Waals surface area (Å²) in [6.45, 7) is 7.79. The molecular formula is C23H28N4O3S. The first kappa shape index (κ1) is 22.7. The van der Waals surface area contributed by atoms with Crippen molar-refractivity contribution in [3.05, 3.63) is 71.9 Å². The standard InChI is InChI=1S/C23H28N4O3S/c1-17-11-9-10-14-19(17)27-21(15-20(25-27)23(2,3)4)24-22(28)16-26(5)31(29,30)18-12-7-6-8-13-18/h6-15H,16H2,1-5H3,(H,24,28). The molecule has 0 atom stereocenters. The van der Waals surface area contributed by atoms with Crippen LogP contribution in [0.3, 0.4) is 0 Å². The Labute approximate surface area is 183 Å². The molecule has 31 heavy (non-hydrogen) atoms. The van der Waals surface area contributed by atoms with Crippen LogP contribution >= 0.6 is 0 Å². The maximum Gasteiger partial charge on any atom is 0.243 e. The summed E-state index contributed by atoms with van der Waals surface area (Å²) in [6.07, 6.45) is 0. The van der Waals surface area contributed by atoms with E-state index in [-0.39, 0.29) is 16.9 Å². The van der Waals surface area contributed by atoms with E-state index >= 15 is 0 Å². The number of likely N-dealkylation sites (N-methyl/N-ethyl adjacent to an activating group) is 1. The first-order chi connectivity index (χ1) is 14.5. The lowest BCUT2D eigenvalue weighted by Crippen LogP contribution is -2.35. The normalized spacial score (nSPS) is 12.2. The monoisotopic (exact) mass is 440 g/mol. The molecule has 0 bridgehead atoms. The molecule has 3 rings (SSSR count). The van der Waals surface area contributed by atoms with Crippen molar-refractivity contribution in [2.75, 3.05) is 18.9 Å². The molecule has 0 aliphatic carbocycles. The molecular weight excluding hydrogens is 412 g/mol. The number of para-hydroxylation sites is 1. The Kier molecular flexibility index (Phi) is 6.33. The molecule has 0 aliphatic heterocycles. The van der Waals surface area contributed by atoms with Gasteiger partial charge in [-0.2, -0.15) is 9.40 Å². The summed E-state index contributed by atoms with van der Waals surface area (Å²) in [6, 6.07) is 17.6. The number of aryl methyl sites for hydroxylation is 1. The number of hydrogen-bond acceptors (Lipinski definition) is 4. The lowest BCUT2D eigenvalue weighted by molar-refractivity contribution is -0.116. The minimum atomic E-state index is -3.76. The van der Waals surface area contributed by atoms with E-state index in [1.165, 1.54) is 19.2 Å². The summed E-state index contributed by atoms with van der Waals surface area (Å²) in [4.78, 5) is 12.9. The molecule has 2 aromatic carbocycles. The quantitative estimate of drug-likeness (QED) is 0.633. The summed E-state index contributed by atoms with van der Waals surface area (Å²) in [5.41, 5.74) is 2.45. The van der Waals surface area contributed by atoms with Crippen LogP contribution in [0.1, 0.15) is 32.0 Å². The molecule has 0 saturated heterocycles. The maximum absolute atomic E-state index is 12.8. The summed E-state index contributed by atoms with van der Waals surface area (Å²) >= 11 is 0. The first-order valence-corrected chi connectivity index (χ1v) is 11.4. The van der Waals surface area contributed by atoms with Crippen molar-refractivity contribution in [3.63, 3.8) is 0 Å². The van der Waals surface area contributed by atoms with Crippen molar-refractivity contribution in [1.29, 1.82) is 0 Å². The molecule has 164 valence electrons. The van der Waals surface area contributed by atoms with Crippen LogP contribution in [0.2, 0.25) is 0 Å². The van der Waals surface area contributed by atoms with E-state index in [4.69, 9.17) is 5.10 Å². The number of aromatic nitrogens is 2. The zero-order chi connectivity index (χ0) is 22.8. The second-order valence-corrected chi connectivity index (χ2v) is 10.5. The van der Waals surface area contributed by atoms with Crippen LogP contribution in [-0.4, -0.2) is 42.0 Å². The van der Waals surface area contributed by atoms with Gasteiger partial charge in [-0.05, 0) is 30.7 Å². The molecule has 7 nitrogen and oxygen atoms in total. The van der Waals surface area contributed by atoms with Crippen LogP contribution in [0, 0.1) is 6.92 Å². The molecule has 1 aromatic heterocycles. The van der Waals surface area contributed by atoms with E-state index in [9.17, 15) is 13.2 Å².